The van der Waals surface area contributed by atoms with Crippen LogP contribution in [-0.2, 0) is 11.3 Å². The number of nitrogens with zero attached hydrogens (tertiary/aromatic N) is 2. The molecule has 1 aromatic carbocycles. The monoisotopic (exact) mass is 440 g/mol. The van der Waals surface area contributed by atoms with Gasteiger partial charge in [-0.05, 0) is 49.9 Å². The summed E-state index contributed by atoms with van der Waals surface area (Å²) in [4.78, 5) is 20.7. The first-order valence-corrected chi connectivity index (χ1v) is 9.86. The van der Waals surface area contributed by atoms with E-state index in [1.807, 2.05) is 13.1 Å². The van der Waals surface area contributed by atoms with E-state index >= 15 is 0 Å². The first-order valence-electron chi connectivity index (χ1n) is 9.86. The maximum absolute atomic E-state index is 13.9. The van der Waals surface area contributed by atoms with Crippen LogP contribution in [0.2, 0.25) is 0 Å². The van der Waals surface area contributed by atoms with Crippen LogP contribution in [0.3, 0.4) is 0 Å². The zero-order chi connectivity index (χ0) is 23.3. The Kier molecular flexibility index (Phi) is 7.21. The number of rotatable bonds is 8. The molecule has 8 nitrogen and oxygen atoms in total. The van der Waals surface area contributed by atoms with Crippen molar-refractivity contribution in [3.05, 3.63) is 65.2 Å². The van der Waals surface area contributed by atoms with Crippen molar-refractivity contribution >= 4 is 11.8 Å². The molecule has 9 heteroatoms. The van der Waals surface area contributed by atoms with Gasteiger partial charge in [-0.25, -0.2) is 19.2 Å². The largest absolute Gasteiger partial charge is 0.482 e. The molecule has 0 aliphatic carbocycles. The third kappa shape index (κ3) is 4.78. The van der Waals surface area contributed by atoms with Gasteiger partial charge >= 0.3 is 5.97 Å². The van der Waals surface area contributed by atoms with E-state index in [1.165, 1.54) is 32.4 Å². The summed E-state index contributed by atoms with van der Waals surface area (Å²) in [5.74, 6) is -0.237. The second kappa shape index (κ2) is 10.1. The summed E-state index contributed by atoms with van der Waals surface area (Å²) in [5.41, 5.74) is 8.96. The predicted molar refractivity (Wildman–Crippen MR) is 118 cm³/mol. The number of methoxy groups -OCH3 is 2. The number of benzene rings is 1. The number of pyridine rings is 2. The molecular weight excluding hydrogens is 415 g/mol. The molecule has 0 fully saturated rings. The van der Waals surface area contributed by atoms with Crippen LogP contribution in [0.15, 0.2) is 42.7 Å². The van der Waals surface area contributed by atoms with Crippen LogP contribution in [-0.4, -0.2) is 37.2 Å². The summed E-state index contributed by atoms with van der Waals surface area (Å²) in [6, 6.07) is 7.38. The van der Waals surface area contributed by atoms with Gasteiger partial charge in [0.15, 0.2) is 11.6 Å². The third-order valence-electron chi connectivity index (χ3n) is 4.89. The number of hydrogen-bond donors (Lipinski definition) is 2. The van der Waals surface area contributed by atoms with Gasteiger partial charge in [-0.15, -0.1) is 0 Å². The van der Waals surface area contributed by atoms with Gasteiger partial charge in [-0.1, -0.05) is 0 Å². The lowest BCUT2D eigenvalue weighted by molar-refractivity contribution is 0.0595. The Morgan fingerprint density at radius 1 is 1.22 bits per heavy atom. The van der Waals surface area contributed by atoms with E-state index in [2.05, 4.69) is 15.3 Å². The molecule has 3 N–H and O–H groups in total. The number of hydrogen-bond acceptors (Lipinski definition) is 8. The number of nitrogen functional groups attached to an aromatic ring is 1. The smallest absolute Gasteiger partial charge is 0.338 e. The van der Waals surface area contributed by atoms with Crippen molar-refractivity contribution in [2.45, 2.75) is 19.6 Å². The number of carbonyl (C=O) groups excluding carboxylic acids is 1. The fourth-order valence-corrected chi connectivity index (χ4v) is 3.39. The molecule has 0 radical (unpaired) electrons. The molecule has 2 heterocycles. The van der Waals surface area contributed by atoms with E-state index in [0.29, 0.717) is 23.6 Å². The fraction of sp³-hybridized carbons (Fsp3) is 0.261. The van der Waals surface area contributed by atoms with E-state index in [0.717, 1.165) is 11.1 Å². The summed E-state index contributed by atoms with van der Waals surface area (Å²) >= 11 is 0. The molecule has 1 atom stereocenters. The number of esters is 1. The summed E-state index contributed by atoms with van der Waals surface area (Å²) in [5, 5.41) is 3.11. The van der Waals surface area contributed by atoms with Crippen molar-refractivity contribution < 1.29 is 23.4 Å². The maximum atomic E-state index is 13.9. The Morgan fingerprint density at radius 2 is 2.00 bits per heavy atom. The van der Waals surface area contributed by atoms with Crippen molar-refractivity contribution in [2.24, 2.45) is 0 Å². The molecule has 3 aromatic rings. The topological polar surface area (TPSA) is 109 Å². The van der Waals surface area contributed by atoms with Crippen LogP contribution in [0.1, 0.15) is 34.5 Å². The Hall–Kier alpha value is -3.72. The van der Waals surface area contributed by atoms with Gasteiger partial charge in [0.25, 0.3) is 0 Å². The summed E-state index contributed by atoms with van der Waals surface area (Å²) in [6.07, 6.45) is 2.55. The van der Waals surface area contributed by atoms with Gasteiger partial charge in [-0.2, -0.15) is 0 Å². The van der Waals surface area contributed by atoms with Crippen LogP contribution < -0.4 is 20.5 Å². The molecule has 0 saturated heterocycles. The number of carbonyl (C=O) groups is 1. The number of halogens is 1. The first-order chi connectivity index (χ1) is 15.4. The standard InChI is InChI=1S/C23H25FN4O4/c1-13(18-10-16(24)5-6-17(18)23(29)31-4)32-19-9-15(12-28-21(19)25)20-14(11-26-2)7-8-27-22(20)30-3/h5-10,12-13,26H,11H2,1-4H3,(H2,25,28). The van der Waals surface area contributed by atoms with Gasteiger partial charge < -0.3 is 25.3 Å². The van der Waals surface area contributed by atoms with Gasteiger partial charge in [0, 0.05) is 30.1 Å². The van der Waals surface area contributed by atoms with Crippen LogP contribution in [0.5, 0.6) is 11.6 Å². The lowest BCUT2D eigenvalue weighted by atomic mass is 10.0. The minimum Gasteiger partial charge on any atom is -0.482 e. The fourth-order valence-electron chi connectivity index (χ4n) is 3.39. The van der Waals surface area contributed by atoms with Gasteiger partial charge in [0.2, 0.25) is 5.88 Å². The van der Waals surface area contributed by atoms with Crippen molar-refractivity contribution in [1.29, 1.82) is 0 Å². The molecule has 0 saturated carbocycles. The van der Waals surface area contributed by atoms with Crippen LogP contribution in [0.25, 0.3) is 11.1 Å². The molecule has 168 valence electrons. The maximum Gasteiger partial charge on any atom is 0.338 e. The van der Waals surface area contributed by atoms with Crippen molar-refractivity contribution in [3.63, 3.8) is 0 Å². The zero-order valence-corrected chi connectivity index (χ0v) is 18.3. The highest BCUT2D eigenvalue weighted by Gasteiger charge is 2.21. The van der Waals surface area contributed by atoms with Gasteiger partial charge in [-0.3, -0.25) is 0 Å². The minimum atomic E-state index is -0.716. The number of aromatic nitrogens is 2. The normalized spacial score (nSPS) is 11.7. The Bertz CT molecular complexity index is 1120. The minimum absolute atomic E-state index is 0.148. The highest BCUT2D eigenvalue weighted by atomic mass is 19.1. The molecule has 1 unspecified atom stereocenters. The Labute approximate surface area is 185 Å². The summed E-state index contributed by atoms with van der Waals surface area (Å²) in [6.45, 7) is 2.27. The van der Waals surface area contributed by atoms with Crippen molar-refractivity contribution in [3.8, 4) is 22.8 Å². The Morgan fingerprint density at radius 3 is 2.69 bits per heavy atom. The second-order valence-corrected chi connectivity index (χ2v) is 6.98. The first kappa shape index (κ1) is 23.0. The van der Waals surface area contributed by atoms with Gasteiger partial charge in [0.1, 0.15) is 11.9 Å². The second-order valence-electron chi connectivity index (χ2n) is 6.98. The average Bonchev–Trinajstić information content (AvgIpc) is 2.80. The van der Waals surface area contributed by atoms with Crippen LogP contribution in [0, 0.1) is 5.82 Å². The summed E-state index contributed by atoms with van der Waals surface area (Å²) < 4.78 is 30.2. The average molecular weight is 440 g/mol. The number of nitrogens with one attached hydrogen (secondary N) is 1. The molecule has 0 amide bonds. The highest BCUT2D eigenvalue weighted by Crippen LogP contribution is 2.36. The van der Waals surface area contributed by atoms with Crippen LogP contribution >= 0.6 is 0 Å². The van der Waals surface area contributed by atoms with Crippen LogP contribution in [0.4, 0.5) is 10.2 Å². The number of anilines is 1. The molecule has 32 heavy (non-hydrogen) atoms. The third-order valence-corrected chi connectivity index (χ3v) is 4.89. The molecule has 0 aliphatic heterocycles. The molecule has 0 bridgehead atoms. The van der Waals surface area contributed by atoms with Gasteiger partial charge in [0.05, 0.1) is 25.3 Å². The summed E-state index contributed by atoms with van der Waals surface area (Å²) in [7, 11) is 4.64. The predicted octanol–water partition coefficient (Wildman–Crippen LogP) is 3.52. The molecule has 0 aliphatic rings. The number of ether oxygens (including phenoxy) is 3. The molecule has 2 aromatic heterocycles. The highest BCUT2D eigenvalue weighted by molar-refractivity contribution is 5.91. The molecule has 0 spiro atoms. The zero-order valence-electron chi connectivity index (χ0n) is 18.3. The quantitative estimate of drug-likeness (QED) is 0.512. The van der Waals surface area contributed by atoms with Crippen molar-refractivity contribution in [2.75, 3.05) is 27.0 Å². The van der Waals surface area contributed by atoms with Crippen molar-refractivity contribution in [1.82, 2.24) is 15.3 Å². The number of nitrogens with two attached hydrogens (primary N) is 1. The molecular formula is C23H25FN4O4. The van der Waals surface area contributed by atoms with E-state index in [1.54, 1.807) is 25.4 Å². The SMILES string of the molecule is CNCc1ccnc(OC)c1-c1cnc(N)c(OC(C)c2cc(F)ccc2C(=O)OC)c1. The van der Waals surface area contributed by atoms with E-state index < -0.39 is 17.9 Å². The molecule has 3 rings (SSSR count). The van der Waals surface area contributed by atoms with E-state index in [-0.39, 0.29) is 17.1 Å². The van der Waals surface area contributed by atoms with E-state index in [4.69, 9.17) is 19.9 Å². The lowest BCUT2D eigenvalue weighted by Gasteiger charge is -2.20. The van der Waals surface area contributed by atoms with E-state index in [9.17, 15) is 9.18 Å². The Balaban J connectivity index is 2.02. The lowest BCUT2D eigenvalue weighted by Crippen LogP contribution is -2.13.